The number of aryl methyl sites for hydroxylation is 1. The maximum Gasteiger partial charge on any atom is 0.197 e. The van der Waals surface area contributed by atoms with Gasteiger partial charge in [0.05, 0.1) is 10.5 Å². The van der Waals surface area contributed by atoms with Crippen LogP contribution < -0.4 is 0 Å². The van der Waals surface area contributed by atoms with Crippen molar-refractivity contribution in [2.75, 3.05) is 0 Å². The van der Waals surface area contributed by atoms with E-state index in [9.17, 15) is 9.59 Å². The van der Waals surface area contributed by atoms with Crippen molar-refractivity contribution in [3.8, 4) is 11.8 Å². The van der Waals surface area contributed by atoms with E-state index in [1.165, 1.54) is 0 Å². The van der Waals surface area contributed by atoms with Crippen LogP contribution >= 0.6 is 34.3 Å². The van der Waals surface area contributed by atoms with Crippen molar-refractivity contribution in [3.05, 3.63) is 97.2 Å². The largest absolute Gasteiger partial charge is 0.288 e. The molecule has 0 unspecified atom stereocenters. The smallest absolute Gasteiger partial charge is 0.197 e. The zero-order valence-electron chi connectivity index (χ0n) is 16.5. The van der Waals surface area contributed by atoms with Gasteiger partial charge in [0.15, 0.2) is 11.6 Å². The van der Waals surface area contributed by atoms with Gasteiger partial charge in [0.2, 0.25) is 0 Å². The van der Waals surface area contributed by atoms with E-state index in [1.807, 2.05) is 43.3 Å². The SMILES string of the molecule is CCc1cc2c(cc1Cl)C(=O)/C(=C\c1cc3sc(C#Cc4ccccc4)cc3s1)C2=O. The van der Waals surface area contributed by atoms with Gasteiger partial charge in [-0.05, 0) is 54.5 Å². The van der Waals surface area contributed by atoms with Crippen LogP contribution in [0.5, 0.6) is 0 Å². The van der Waals surface area contributed by atoms with Crippen molar-refractivity contribution < 1.29 is 9.59 Å². The second kappa shape index (κ2) is 7.94. The Morgan fingerprint density at radius 2 is 1.61 bits per heavy atom. The Bertz CT molecular complexity index is 1430. The van der Waals surface area contributed by atoms with E-state index < -0.39 is 0 Å². The molecule has 5 rings (SSSR count). The van der Waals surface area contributed by atoms with Gasteiger partial charge in [-0.3, -0.25) is 9.59 Å². The fraction of sp³-hybridized carbons (Fsp3) is 0.0769. The number of hydrogen-bond acceptors (Lipinski definition) is 4. The summed E-state index contributed by atoms with van der Waals surface area (Å²) in [5.74, 6) is 5.91. The standard InChI is InChI=1S/C26H15ClO2S2/c1-2-16-10-19-20(14-22(16)27)26(29)21(25(19)28)11-18-13-24-23(31-18)12-17(30-24)9-8-15-6-4-3-5-7-15/h3-7,10-14H,2H2,1H3/b21-11-. The summed E-state index contributed by atoms with van der Waals surface area (Å²) in [6.45, 7) is 1.97. The maximum absolute atomic E-state index is 12.9. The Morgan fingerprint density at radius 3 is 2.32 bits per heavy atom. The molecule has 0 fully saturated rings. The number of halogens is 1. The van der Waals surface area contributed by atoms with Crippen molar-refractivity contribution in [1.29, 1.82) is 0 Å². The van der Waals surface area contributed by atoms with Crippen molar-refractivity contribution in [2.24, 2.45) is 0 Å². The molecule has 150 valence electrons. The monoisotopic (exact) mass is 458 g/mol. The van der Waals surface area contributed by atoms with E-state index in [1.54, 1.807) is 40.9 Å². The lowest BCUT2D eigenvalue weighted by Gasteiger charge is -2.03. The molecule has 2 aromatic carbocycles. The summed E-state index contributed by atoms with van der Waals surface area (Å²) in [4.78, 5) is 27.6. The Kier molecular flexibility index (Phi) is 5.11. The van der Waals surface area contributed by atoms with Crippen LogP contribution in [0.25, 0.3) is 15.5 Å². The summed E-state index contributed by atoms with van der Waals surface area (Å²) >= 11 is 9.42. The molecule has 0 N–H and O–H groups in total. The number of benzene rings is 2. The van der Waals surface area contributed by atoms with Gasteiger partial charge in [0.1, 0.15) is 0 Å². The van der Waals surface area contributed by atoms with Gasteiger partial charge in [0.25, 0.3) is 0 Å². The molecule has 0 spiro atoms. The van der Waals surface area contributed by atoms with Crippen LogP contribution in [0.2, 0.25) is 5.02 Å². The van der Waals surface area contributed by atoms with Crippen LogP contribution in [0.4, 0.5) is 0 Å². The van der Waals surface area contributed by atoms with Crippen molar-refractivity contribution in [2.45, 2.75) is 13.3 Å². The van der Waals surface area contributed by atoms with Gasteiger partial charge < -0.3 is 0 Å². The van der Waals surface area contributed by atoms with Gasteiger partial charge in [-0.25, -0.2) is 0 Å². The molecule has 2 heterocycles. The van der Waals surface area contributed by atoms with Gasteiger partial charge in [0, 0.05) is 36.0 Å². The zero-order chi connectivity index (χ0) is 21.5. The molecule has 0 saturated heterocycles. The minimum atomic E-state index is -0.254. The Labute approximate surface area is 192 Å². The molecular formula is C26H15ClO2S2. The summed E-state index contributed by atoms with van der Waals surface area (Å²) < 4.78 is 2.20. The predicted octanol–water partition coefficient (Wildman–Crippen LogP) is 7.04. The highest BCUT2D eigenvalue weighted by Gasteiger charge is 2.34. The Morgan fingerprint density at radius 1 is 0.903 bits per heavy atom. The molecular weight excluding hydrogens is 444 g/mol. The molecule has 0 radical (unpaired) electrons. The molecule has 0 saturated carbocycles. The Hall–Kier alpha value is -2.97. The summed E-state index contributed by atoms with van der Waals surface area (Å²) in [6.07, 6.45) is 2.42. The van der Waals surface area contributed by atoms with Crippen LogP contribution in [-0.4, -0.2) is 11.6 Å². The highest BCUT2D eigenvalue weighted by molar-refractivity contribution is 7.28. The molecule has 4 aromatic rings. The van der Waals surface area contributed by atoms with E-state index in [2.05, 4.69) is 17.9 Å². The van der Waals surface area contributed by atoms with Crippen molar-refractivity contribution in [1.82, 2.24) is 0 Å². The van der Waals surface area contributed by atoms with Crippen LogP contribution in [0, 0.1) is 11.8 Å². The number of carbonyl (C=O) groups is 2. The number of Topliss-reactive ketones (excluding diaryl/α,β-unsaturated/α-hetero) is 2. The minimum absolute atomic E-state index is 0.206. The van der Waals surface area contributed by atoms with Gasteiger partial charge in [-0.2, -0.15) is 0 Å². The Balaban J connectivity index is 1.45. The average Bonchev–Trinajstić information content (AvgIpc) is 3.39. The van der Waals surface area contributed by atoms with Crippen LogP contribution in [-0.2, 0) is 6.42 Å². The average molecular weight is 459 g/mol. The normalized spacial score (nSPS) is 14.2. The quantitative estimate of drug-likeness (QED) is 0.183. The van der Waals surface area contributed by atoms with E-state index in [4.69, 9.17) is 11.6 Å². The van der Waals surface area contributed by atoms with Gasteiger partial charge in [-0.15, -0.1) is 22.7 Å². The summed E-state index contributed by atoms with van der Waals surface area (Å²) in [7, 11) is 0. The third-order valence-corrected chi connectivity index (χ3v) is 7.67. The fourth-order valence-corrected chi connectivity index (χ4v) is 6.08. The maximum atomic E-state index is 12.9. The second-order valence-electron chi connectivity index (χ2n) is 7.16. The molecule has 0 aliphatic heterocycles. The summed E-state index contributed by atoms with van der Waals surface area (Å²) in [5.41, 5.74) is 2.92. The molecule has 31 heavy (non-hydrogen) atoms. The lowest BCUT2D eigenvalue weighted by molar-refractivity contribution is 0.0990. The molecule has 2 aromatic heterocycles. The first-order valence-corrected chi connectivity index (χ1v) is 11.8. The summed E-state index contributed by atoms with van der Waals surface area (Å²) in [5, 5.41) is 0.532. The highest BCUT2D eigenvalue weighted by Crippen LogP contribution is 2.37. The van der Waals surface area contributed by atoms with Gasteiger partial charge in [-0.1, -0.05) is 48.6 Å². The van der Waals surface area contributed by atoms with Crippen molar-refractivity contribution in [3.63, 3.8) is 0 Å². The first-order chi connectivity index (χ1) is 15.0. The molecule has 0 bridgehead atoms. The first-order valence-electron chi connectivity index (χ1n) is 9.77. The van der Waals surface area contributed by atoms with Gasteiger partial charge >= 0.3 is 0 Å². The summed E-state index contributed by atoms with van der Waals surface area (Å²) in [6, 6.07) is 17.3. The fourth-order valence-electron chi connectivity index (χ4n) is 3.57. The topological polar surface area (TPSA) is 34.1 Å². The molecule has 1 aliphatic rings. The van der Waals surface area contributed by atoms with E-state index in [0.29, 0.717) is 22.6 Å². The number of carbonyl (C=O) groups excluding carboxylic acids is 2. The third kappa shape index (κ3) is 3.66. The number of rotatable bonds is 2. The molecule has 0 atom stereocenters. The lowest BCUT2D eigenvalue weighted by atomic mass is 10.0. The van der Waals surface area contributed by atoms with Crippen LogP contribution in [0.15, 0.2) is 60.2 Å². The lowest BCUT2D eigenvalue weighted by Crippen LogP contribution is -1.99. The van der Waals surface area contributed by atoms with Crippen molar-refractivity contribution >= 4 is 61.3 Å². The predicted molar refractivity (Wildman–Crippen MR) is 130 cm³/mol. The van der Waals surface area contributed by atoms with Crippen LogP contribution in [0.3, 0.4) is 0 Å². The molecule has 1 aliphatic carbocycles. The number of allylic oxidation sites excluding steroid dienone is 1. The van der Waals surface area contributed by atoms with E-state index >= 15 is 0 Å². The number of thiophene rings is 2. The molecule has 5 heteroatoms. The molecule has 0 amide bonds. The first kappa shape index (κ1) is 20.0. The number of hydrogen-bond donors (Lipinski definition) is 0. The highest BCUT2D eigenvalue weighted by atomic mass is 35.5. The number of fused-ring (bicyclic) bond motifs is 2. The molecule has 2 nitrogen and oxygen atoms in total. The minimum Gasteiger partial charge on any atom is -0.288 e. The van der Waals surface area contributed by atoms with Crippen LogP contribution in [0.1, 0.15) is 48.5 Å². The third-order valence-electron chi connectivity index (χ3n) is 5.16. The van der Waals surface area contributed by atoms with E-state index in [0.717, 1.165) is 30.3 Å². The second-order valence-corrected chi connectivity index (χ2v) is 9.77. The zero-order valence-corrected chi connectivity index (χ0v) is 18.9. The van der Waals surface area contributed by atoms with E-state index in [-0.39, 0.29) is 17.1 Å². The number of ketones is 2.